The van der Waals surface area contributed by atoms with E-state index in [1.165, 1.54) is 25.1 Å². The van der Waals surface area contributed by atoms with Crippen molar-refractivity contribution in [1.82, 2.24) is 4.98 Å². The highest BCUT2D eigenvalue weighted by molar-refractivity contribution is 7.18. The number of anilines is 1. The molecular weight excluding hydrogens is 471 g/mol. The van der Waals surface area contributed by atoms with E-state index in [1.807, 2.05) is 6.92 Å². The van der Waals surface area contributed by atoms with E-state index in [1.54, 1.807) is 31.2 Å². The fourth-order valence-electron chi connectivity index (χ4n) is 4.56. The monoisotopic (exact) mass is 492 g/mol. The van der Waals surface area contributed by atoms with Gasteiger partial charge in [0.2, 0.25) is 0 Å². The van der Waals surface area contributed by atoms with Crippen LogP contribution in [0.1, 0.15) is 51.9 Å². The van der Waals surface area contributed by atoms with E-state index >= 15 is 4.39 Å². The molecule has 2 aromatic carbocycles. The number of hydrogen-bond acceptors (Lipinski definition) is 7. The van der Waals surface area contributed by atoms with Crippen LogP contribution in [0.5, 0.6) is 5.75 Å². The van der Waals surface area contributed by atoms with Gasteiger partial charge in [-0.25, -0.2) is 9.37 Å². The highest BCUT2D eigenvalue weighted by atomic mass is 32.1. The van der Waals surface area contributed by atoms with Crippen molar-refractivity contribution in [3.05, 3.63) is 81.1 Å². The van der Waals surface area contributed by atoms with Crippen LogP contribution in [0.2, 0.25) is 0 Å². The molecule has 0 spiro atoms. The van der Waals surface area contributed by atoms with Crippen LogP contribution in [0.25, 0.3) is 5.76 Å². The molecular formula is C26H21FN2O5S. The van der Waals surface area contributed by atoms with Crippen molar-refractivity contribution >= 4 is 39.7 Å². The number of benzene rings is 2. The largest absolute Gasteiger partial charge is 0.507 e. The lowest BCUT2D eigenvalue weighted by Gasteiger charge is -2.23. The maximum Gasteiger partial charge on any atom is 0.301 e. The Labute approximate surface area is 204 Å². The van der Waals surface area contributed by atoms with Crippen LogP contribution in [0, 0.1) is 12.7 Å². The molecule has 1 amide bonds. The van der Waals surface area contributed by atoms with E-state index < -0.39 is 29.3 Å². The van der Waals surface area contributed by atoms with Crippen molar-refractivity contribution in [2.24, 2.45) is 0 Å². The lowest BCUT2D eigenvalue weighted by Crippen LogP contribution is -2.29. The van der Waals surface area contributed by atoms with Gasteiger partial charge in [0.05, 0.1) is 16.1 Å². The molecule has 1 fully saturated rings. The van der Waals surface area contributed by atoms with Gasteiger partial charge in [0, 0.05) is 24.5 Å². The fourth-order valence-corrected chi connectivity index (χ4v) is 5.55. The number of carbonyl (C=O) groups excluding carboxylic acids is 3. The number of hydrogen-bond donors (Lipinski definition) is 1. The fraction of sp³-hybridized carbons (Fsp3) is 0.231. The topological polar surface area (TPSA) is 96.8 Å². The van der Waals surface area contributed by atoms with Gasteiger partial charge in [-0.05, 0) is 43.7 Å². The number of nitrogens with zero attached hydrogens (tertiary/aromatic N) is 2. The molecule has 2 aliphatic rings. The second-order valence-electron chi connectivity index (χ2n) is 8.61. The minimum absolute atomic E-state index is 0.0185. The first-order chi connectivity index (χ1) is 16.7. The summed E-state index contributed by atoms with van der Waals surface area (Å²) in [7, 11) is 0. The third-order valence-corrected chi connectivity index (χ3v) is 7.38. The molecule has 0 bridgehead atoms. The first kappa shape index (κ1) is 22.9. The summed E-state index contributed by atoms with van der Waals surface area (Å²) in [5.41, 5.74) is 1.37. The van der Waals surface area contributed by atoms with Crippen LogP contribution in [0.3, 0.4) is 0 Å². The molecule has 0 unspecified atom stereocenters. The lowest BCUT2D eigenvalue weighted by atomic mass is 9.94. The number of halogens is 1. The first-order valence-corrected chi connectivity index (χ1v) is 11.8. The zero-order chi connectivity index (χ0) is 25.0. The van der Waals surface area contributed by atoms with Crippen LogP contribution in [-0.2, 0) is 16.0 Å². The molecule has 0 aliphatic carbocycles. The van der Waals surface area contributed by atoms with Crippen LogP contribution in [-0.4, -0.2) is 33.7 Å². The molecule has 1 saturated heterocycles. The van der Waals surface area contributed by atoms with Gasteiger partial charge in [-0.3, -0.25) is 19.3 Å². The predicted molar refractivity (Wildman–Crippen MR) is 128 cm³/mol. The number of aliphatic hydroxyl groups excluding tert-OH is 1. The van der Waals surface area contributed by atoms with Crippen LogP contribution < -0.4 is 9.64 Å². The third-order valence-electron chi connectivity index (χ3n) is 6.12. The zero-order valence-electron chi connectivity index (χ0n) is 19.2. The number of rotatable bonds is 4. The summed E-state index contributed by atoms with van der Waals surface area (Å²) in [4.78, 5) is 44.2. The Bertz CT molecular complexity index is 1440. The normalized spacial score (nSPS) is 20.7. The van der Waals surface area contributed by atoms with Crippen molar-refractivity contribution in [3.8, 4) is 5.75 Å². The van der Waals surface area contributed by atoms with Gasteiger partial charge >= 0.3 is 5.91 Å². The molecule has 5 rings (SSSR count). The Morgan fingerprint density at radius 3 is 2.66 bits per heavy atom. The molecule has 7 nitrogen and oxygen atoms in total. The number of ketones is 2. The number of thiazole rings is 1. The average Bonchev–Trinajstić information content (AvgIpc) is 3.46. The van der Waals surface area contributed by atoms with Crippen molar-refractivity contribution < 1.29 is 28.6 Å². The second-order valence-corrected chi connectivity index (χ2v) is 9.59. The summed E-state index contributed by atoms with van der Waals surface area (Å²) in [6.07, 6.45) is 0.614. The summed E-state index contributed by atoms with van der Waals surface area (Å²) in [6, 6.07) is 9.50. The predicted octanol–water partition coefficient (Wildman–Crippen LogP) is 4.74. The van der Waals surface area contributed by atoms with Gasteiger partial charge in [0.25, 0.3) is 5.78 Å². The van der Waals surface area contributed by atoms with Gasteiger partial charge in [-0.15, -0.1) is 0 Å². The number of Topliss-reactive ketones (excluding diaryl/α,β-unsaturated/α-hetero) is 2. The number of carbonyl (C=O) groups is 3. The van der Waals surface area contributed by atoms with E-state index in [4.69, 9.17) is 4.74 Å². The molecule has 0 radical (unpaired) electrons. The second kappa shape index (κ2) is 8.42. The van der Waals surface area contributed by atoms with E-state index in [0.717, 1.165) is 21.8 Å². The molecule has 178 valence electrons. The summed E-state index contributed by atoms with van der Waals surface area (Å²) >= 11 is 0.950. The quantitative estimate of drug-likeness (QED) is 0.245. The SMILES string of the molecule is CC(=O)c1sc(N2C(=O)C(=O)C(=C(O)c3ccc4c(c3)C[C@@H](C)O4)[C@H]2c2ccccc2F)nc1C. The summed E-state index contributed by atoms with van der Waals surface area (Å²) in [6.45, 7) is 4.93. The molecule has 1 N–H and O–H groups in total. The number of ether oxygens (including phenoxy) is 1. The standard InChI is InChI=1S/C26H21FN2O5S/c1-12-10-16-11-15(8-9-19(16)34-12)22(31)20-21(17-6-4-5-7-18(17)27)29(25(33)23(20)32)26-28-13(2)24(35-26)14(3)30/h4-9,11-12,21,31H,10H2,1-3H3/t12-,21-/m1/s1. The van der Waals surface area contributed by atoms with Crippen LogP contribution in [0.15, 0.2) is 48.0 Å². The minimum atomic E-state index is -1.26. The molecule has 9 heteroatoms. The number of fused-ring (bicyclic) bond motifs is 1. The van der Waals surface area contributed by atoms with Gasteiger partial charge in [-0.1, -0.05) is 29.5 Å². The highest BCUT2D eigenvalue weighted by Gasteiger charge is 2.49. The summed E-state index contributed by atoms with van der Waals surface area (Å²) in [5.74, 6) is -2.53. The van der Waals surface area contributed by atoms with Crippen molar-refractivity contribution in [2.75, 3.05) is 4.90 Å². The van der Waals surface area contributed by atoms with Crippen LogP contribution >= 0.6 is 11.3 Å². The highest BCUT2D eigenvalue weighted by Crippen LogP contribution is 2.45. The zero-order valence-corrected chi connectivity index (χ0v) is 20.0. The Kier molecular flexibility index (Phi) is 5.52. The molecule has 3 aromatic rings. The number of amides is 1. The molecule has 1 aromatic heterocycles. The number of aliphatic hydroxyl groups is 1. The van der Waals surface area contributed by atoms with Gasteiger partial charge in [0.15, 0.2) is 10.9 Å². The summed E-state index contributed by atoms with van der Waals surface area (Å²) < 4.78 is 20.7. The third kappa shape index (κ3) is 3.72. The van der Waals surface area contributed by atoms with Crippen molar-refractivity contribution in [2.45, 2.75) is 39.3 Å². The van der Waals surface area contributed by atoms with Crippen molar-refractivity contribution in [1.29, 1.82) is 0 Å². The maximum atomic E-state index is 15.0. The number of aromatic nitrogens is 1. The van der Waals surface area contributed by atoms with Crippen LogP contribution in [0.4, 0.5) is 9.52 Å². The smallest absolute Gasteiger partial charge is 0.301 e. The molecule has 0 saturated carbocycles. The minimum Gasteiger partial charge on any atom is -0.507 e. The molecule has 3 heterocycles. The van der Waals surface area contributed by atoms with E-state index in [-0.39, 0.29) is 28.2 Å². The maximum absolute atomic E-state index is 15.0. The summed E-state index contributed by atoms with van der Waals surface area (Å²) in [5, 5.41) is 11.4. The number of aryl methyl sites for hydroxylation is 1. The molecule has 2 aliphatic heterocycles. The Hall–Kier alpha value is -3.85. The first-order valence-electron chi connectivity index (χ1n) is 11.0. The Balaban J connectivity index is 1.71. The lowest BCUT2D eigenvalue weighted by molar-refractivity contribution is -0.132. The van der Waals surface area contributed by atoms with Crippen molar-refractivity contribution in [3.63, 3.8) is 0 Å². The van der Waals surface area contributed by atoms with Gasteiger partial charge in [0.1, 0.15) is 29.5 Å². The van der Waals surface area contributed by atoms with Gasteiger partial charge < -0.3 is 9.84 Å². The Morgan fingerprint density at radius 2 is 1.97 bits per heavy atom. The van der Waals surface area contributed by atoms with Gasteiger partial charge in [-0.2, -0.15) is 0 Å². The van der Waals surface area contributed by atoms with E-state index in [0.29, 0.717) is 28.3 Å². The van der Waals surface area contributed by atoms with E-state index in [9.17, 15) is 19.5 Å². The van der Waals surface area contributed by atoms with E-state index in [2.05, 4.69) is 4.98 Å². The molecule has 2 atom stereocenters. The Morgan fingerprint density at radius 1 is 1.23 bits per heavy atom. The molecule has 35 heavy (non-hydrogen) atoms. The average molecular weight is 493 g/mol.